The Labute approximate surface area is 159 Å². The van der Waals surface area contributed by atoms with Gasteiger partial charge in [-0.3, -0.25) is 14.4 Å². The van der Waals surface area contributed by atoms with Crippen molar-refractivity contribution in [2.45, 2.75) is 44.9 Å². The van der Waals surface area contributed by atoms with Gasteiger partial charge in [0.2, 0.25) is 5.91 Å². The normalized spacial score (nSPS) is 21.2. The number of ketones is 1. The highest BCUT2D eigenvalue weighted by Gasteiger charge is 2.32. The minimum Gasteiger partial charge on any atom is -0.482 e. The van der Waals surface area contributed by atoms with Crippen molar-refractivity contribution in [3.8, 4) is 5.75 Å². The predicted molar refractivity (Wildman–Crippen MR) is 101 cm³/mol. The molecule has 1 aromatic rings. The molecule has 1 saturated heterocycles. The van der Waals surface area contributed by atoms with Crippen molar-refractivity contribution >= 4 is 23.3 Å². The van der Waals surface area contributed by atoms with Crippen LogP contribution < -0.4 is 10.1 Å². The van der Waals surface area contributed by atoms with Crippen molar-refractivity contribution in [1.29, 1.82) is 0 Å². The second-order valence-corrected chi connectivity index (χ2v) is 7.85. The topological polar surface area (TPSA) is 75.7 Å². The molecule has 2 fully saturated rings. The second kappa shape index (κ2) is 7.71. The van der Waals surface area contributed by atoms with Crippen molar-refractivity contribution in [3.63, 3.8) is 0 Å². The van der Waals surface area contributed by atoms with Gasteiger partial charge in [-0.25, -0.2) is 0 Å². The third kappa shape index (κ3) is 3.84. The molecule has 0 bridgehead atoms. The van der Waals surface area contributed by atoms with E-state index in [-0.39, 0.29) is 36.0 Å². The van der Waals surface area contributed by atoms with Crippen molar-refractivity contribution < 1.29 is 19.1 Å². The van der Waals surface area contributed by atoms with Gasteiger partial charge in [-0.05, 0) is 43.9 Å². The van der Waals surface area contributed by atoms with Crippen LogP contribution >= 0.6 is 0 Å². The molecule has 3 aliphatic rings. The van der Waals surface area contributed by atoms with E-state index >= 15 is 0 Å². The number of rotatable bonds is 3. The first-order valence-electron chi connectivity index (χ1n) is 10.0. The van der Waals surface area contributed by atoms with Crippen LogP contribution in [0.2, 0.25) is 0 Å². The molecule has 1 N–H and O–H groups in total. The van der Waals surface area contributed by atoms with Gasteiger partial charge in [0.05, 0.1) is 5.69 Å². The van der Waals surface area contributed by atoms with E-state index in [9.17, 15) is 14.4 Å². The van der Waals surface area contributed by atoms with E-state index in [1.807, 2.05) is 4.90 Å². The molecule has 27 heavy (non-hydrogen) atoms. The summed E-state index contributed by atoms with van der Waals surface area (Å²) in [5.41, 5.74) is 1.15. The number of benzene rings is 1. The van der Waals surface area contributed by atoms with E-state index in [0.717, 1.165) is 25.7 Å². The average Bonchev–Trinajstić information content (AvgIpc) is 2.73. The van der Waals surface area contributed by atoms with E-state index in [0.29, 0.717) is 42.9 Å². The Kier molecular flexibility index (Phi) is 5.14. The van der Waals surface area contributed by atoms with Crippen LogP contribution in [0.5, 0.6) is 5.75 Å². The maximum atomic E-state index is 12.9. The Morgan fingerprint density at radius 2 is 1.74 bits per heavy atom. The van der Waals surface area contributed by atoms with Crippen LogP contribution in [0, 0.1) is 11.8 Å². The van der Waals surface area contributed by atoms with Gasteiger partial charge in [-0.1, -0.05) is 19.3 Å². The molecule has 1 aromatic carbocycles. The first-order valence-corrected chi connectivity index (χ1v) is 10.0. The van der Waals surface area contributed by atoms with Gasteiger partial charge < -0.3 is 15.0 Å². The van der Waals surface area contributed by atoms with Gasteiger partial charge in [0.25, 0.3) is 5.91 Å². The van der Waals surface area contributed by atoms with Crippen molar-refractivity contribution in [3.05, 3.63) is 23.8 Å². The molecule has 2 aliphatic heterocycles. The summed E-state index contributed by atoms with van der Waals surface area (Å²) >= 11 is 0. The first kappa shape index (κ1) is 18.0. The largest absolute Gasteiger partial charge is 0.482 e. The van der Waals surface area contributed by atoms with Gasteiger partial charge in [0.15, 0.2) is 12.4 Å². The molecule has 4 rings (SSSR count). The summed E-state index contributed by atoms with van der Waals surface area (Å²) in [5.74, 6) is 0.881. The molecule has 6 nitrogen and oxygen atoms in total. The van der Waals surface area contributed by atoms with Crippen LogP contribution in [-0.2, 0) is 9.59 Å². The van der Waals surface area contributed by atoms with Crippen LogP contribution in [0.4, 0.5) is 5.69 Å². The number of carbonyl (C=O) groups is 3. The summed E-state index contributed by atoms with van der Waals surface area (Å²) in [6, 6.07) is 5.20. The van der Waals surface area contributed by atoms with Gasteiger partial charge in [-0.15, -0.1) is 0 Å². The number of Topliss-reactive ketones (excluding diaryl/α,β-unsaturated/α-hetero) is 1. The van der Waals surface area contributed by atoms with Gasteiger partial charge in [0.1, 0.15) is 5.75 Å². The van der Waals surface area contributed by atoms with Gasteiger partial charge in [0, 0.05) is 30.5 Å². The van der Waals surface area contributed by atoms with E-state index in [1.54, 1.807) is 18.2 Å². The Morgan fingerprint density at radius 1 is 1.00 bits per heavy atom. The van der Waals surface area contributed by atoms with Gasteiger partial charge >= 0.3 is 0 Å². The second-order valence-electron chi connectivity index (χ2n) is 7.85. The molecule has 0 spiro atoms. The molecule has 1 saturated carbocycles. The lowest BCUT2D eigenvalue weighted by atomic mass is 9.85. The first-order chi connectivity index (χ1) is 13.1. The fraction of sp³-hybridized carbons (Fsp3) is 0.571. The Hall–Kier alpha value is -2.37. The number of carbonyl (C=O) groups excluding carboxylic acids is 3. The molecule has 1 aliphatic carbocycles. The summed E-state index contributed by atoms with van der Waals surface area (Å²) in [6.45, 7) is 1.33. The number of hydrogen-bond donors (Lipinski definition) is 1. The Balaban J connectivity index is 1.36. The minimum atomic E-state index is -0.207. The molecule has 6 heteroatoms. The predicted octanol–water partition coefficient (Wildman–Crippen LogP) is 3.02. The lowest BCUT2D eigenvalue weighted by Gasteiger charge is -2.34. The van der Waals surface area contributed by atoms with Crippen LogP contribution in [0.25, 0.3) is 0 Å². The summed E-state index contributed by atoms with van der Waals surface area (Å²) in [4.78, 5) is 39.0. The fourth-order valence-corrected chi connectivity index (χ4v) is 4.44. The number of ether oxygens (including phenoxy) is 1. The molecule has 0 radical (unpaired) electrons. The molecule has 144 valence electrons. The highest BCUT2D eigenvalue weighted by molar-refractivity contribution is 6.01. The van der Waals surface area contributed by atoms with Crippen molar-refractivity contribution in [2.24, 2.45) is 11.8 Å². The third-order valence-electron chi connectivity index (χ3n) is 6.03. The highest BCUT2D eigenvalue weighted by atomic mass is 16.5. The number of fused-ring (bicyclic) bond motifs is 1. The molecular weight excluding hydrogens is 344 g/mol. The van der Waals surface area contributed by atoms with Crippen LogP contribution in [-0.4, -0.2) is 42.2 Å². The molecule has 2 heterocycles. The average molecular weight is 370 g/mol. The zero-order valence-electron chi connectivity index (χ0n) is 15.5. The van der Waals surface area contributed by atoms with E-state index in [4.69, 9.17) is 4.74 Å². The number of likely N-dealkylation sites (tertiary alicyclic amines) is 1. The molecule has 2 amide bonds. The van der Waals surface area contributed by atoms with Crippen molar-refractivity contribution in [2.75, 3.05) is 25.0 Å². The molecule has 0 atom stereocenters. The lowest BCUT2D eigenvalue weighted by molar-refractivity contribution is -0.137. The van der Waals surface area contributed by atoms with Crippen LogP contribution in [0.1, 0.15) is 55.3 Å². The zero-order valence-corrected chi connectivity index (χ0v) is 15.5. The number of piperidine rings is 1. The number of nitrogens with zero attached hydrogens (tertiary/aromatic N) is 1. The van der Waals surface area contributed by atoms with Crippen LogP contribution in [0.3, 0.4) is 0 Å². The fourth-order valence-electron chi connectivity index (χ4n) is 4.44. The monoisotopic (exact) mass is 370 g/mol. The Morgan fingerprint density at radius 3 is 2.48 bits per heavy atom. The maximum Gasteiger partial charge on any atom is 0.262 e. The lowest BCUT2D eigenvalue weighted by Crippen LogP contribution is -2.43. The standard InChI is InChI=1S/C21H26N2O4/c24-19-13-27-18-7-6-16(12-17(18)22-19)20(25)14-8-10-23(11-9-14)21(26)15-4-2-1-3-5-15/h6-7,12,14-15H,1-5,8-11,13H2,(H,22,24). The number of hydrogen-bond acceptors (Lipinski definition) is 4. The van der Waals surface area contributed by atoms with E-state index in [2.05, 4.69) is 5.32 Å². The molecular formula is C21H26N2O4. The van der Waals surface area contributed by atoms with E-state index in [1.165, 1.54) is 6.42 Å². The molecule has 0 aromatic heterocycles. The summed E-state index contributed by atoms with van der Waals surface area (Å²) < 4.78 is 5.35. The third-order valence-corrected chi connectivity index (χ3v) is 6.03. The molecule has 0 unspecified atom stereocenters. The quantitative estimate of drug-likeness (QED) is 0.830. The van der Waals surface area contributed by atoms with Crippen LogP contribution in [0.15, 0.2) is 18.2 Å². The Bertz CT molecular complexity index is 747. The number of anilines is 1. The summed E-state index contributed by atoms with van der Waals surface area (Å²) in [6.07, 6.45) is 7.00. The minimum absolute atomic E-state index is 0.00771. The van der Waals surface area contributed by atoms with E-state index < -0.39 is 0 Å². The number of nitrogens with one attached hydrogen (secondary N) is 1. The zero-order chi connectivity index (χ0) is 18.8. The summed E-state index contributed by atoms with van der Waals surface area (Å²) in [5, 5.41) is 2.75. The maximum absolute atomic E-state index is 12.9. The SMILES string of the molecule is O=C1COc2ccc(C(=O)C3CCN(C(=O)C4CCCCC4)CC3)cc2N1. The highest BCUT2D eigenvalue weighted by Crippen LogP contribution is 2.32. The number of amides is 2. The summed E-state index contributed by atoms with van der Waals surface area (Å²) in [7, 11) is 0. The smallest absolute Gasteiger partial charge is 0.262 e. The van der Waals surface area contributed by atoms with Gasteiger partial charge in [-0.2, -0.15) is 0 Å². The van der Waals surface area contributed by atoms with Crippen molar-refractivity contribution in [1.82, 2.24) is 4.90 Å².